The van der Waals surface area contributed by atoms with Crippen LogP contribution in [0.5, 0.6) is 0 Å². The number of nitrogens with one attached hydrogen (secondary N) is 1. The molecule has 0 aliphatic heterocycles. The van der Waals surface area contributed by atoms with Gasteiger partial charge < -0.3 is 5.11 Å². The highest BCUT2D eigenvalue weighted by atomic mass is 32.2. The van der Waals surface area contributed by atoms with Crippen LogP contribution in [0.25, 0.3) is 6.08 Å². The molecule has 0 bridgehead atoms. The topological polar surface area (TPSA) is 83.5 Å². The highest BCUT2D eigenvalue weighted by Gasteiger charge is 2.36. The van der Waals surface area contributed by atoms with E-state index in [1.807, 2.05) is 6.92 Å². The molecule has 0 spiro atoms. The minimum Gasteiger partial charge on any atom is -0.478 e. The van der Waals surface area contributed by atoms with Gasteiger partial charge in [0.1, 0.15) is 0 Å². The molecule has 0 heterocycles. The SMILES string of the molecule is Cc1ccc(C=CC(=O)O)cc1S(=O)(=O)NC1CC1C. The molecule has 2 unspecified atom stereocenters. The summed E-state index contributed by atoms with van der Waals surface area (Å²) >= 11 is 0. The Morgan fingerprint density at radius 1 is 1.45 bits per heavy atom. The molecule has 2 atom stereocenters. The Hall–Kier alpha value is -1.66. The summed E-state index contributed by atoms with van der Waals surface area (Å²) in [4.78, 5) is 10.7. The van der Waals surface area contributed by atoms with Gasteiger partial charge in [0.2, 0.25) is 10.0 Å². The molecule has 0 radical (unpaired) electrons. The summed E-state index contributed by atoms with van der Waals surface area (Å²) in [7, 11) is -3.55. The minimum absolute atomic E-state index is 0.0117. The van der Waals surface area contributed by atoms with Crippen LogP contribution >= 0.6 is 0 Å². The summed E-state index contributed by atoms with van der Waals surface area (Å²) in [6.07, 6.45) is 3.22. The number of aliphatic carboxylic acids is 1. The Balaban J connectivity index is 2.30. The summed E-state index contributed by atoms with van der Waals surface area (Å²) in [5.41, 5.74) is 1.18. The van der Waals surface area contributed by atoms with Crippen molar-refractivity contribution in [1.29, 1.82) is 0 Å². The predicted molar refractivity (Wildman–Crippen MR) is 75.7 cm³/mol. The van der Waals surface area contributed by atoms with E-state index < -0.39 is 16.0 Å². The first-order valence-electron chi connectivity index (χ1n) is 6.33. The van der Waals surface area contributed by atoms with Gasteiger partial charge in [-0.2, -0.15) is 0 Å². The Morgan fingerprint density at radius 3 is 2.65 bits per heavy atom. The maximum Gasteiger partial charge on any atom is 0.328 e. The summed E-state index contributed by atoms with van der Waals surface area (Å²) in [6.45, 7) is 3.71. The zero-order chi connectivity index (χ0) is 14.9. The number of sulfonamides is 1. The first-order chi connectivity index (χ1) is 9.29. The number of carboxylic acids is 1. The summed E-state index contributed by atoms with van der Waals surface area (Å²) in [5.74, 6) is -0.694. The molecule has 0 saturated heterocycles. The summed E-state index contributed by atoms with van der Waals surface area (Å²) in [6, 6.07) is 4.86. The van der Waals surface area contributed by atoms with Crippen LogP contribution in [0.2, 0.25) is 0 Å². The number of rotatable bonds is 5. The lowest BCUT2D eigenvalue weighted by Crippen LogP contribution is -2.27. The van der Waals surface area contributed by atoms with Crippen LogP contribution in [0.1, 0.15) is 24.5 Å². The molecule has 1 saturated carbocycles. The Morgan fingerprint density at radius 2 is 2.10 bits per heavy atom. The molecule has 2 N–H and O–H groups in total. The van der Waals surface area contributed by atoms with Crippen LogP contribution in [-0.4, -0.2) is 25.5 Å². The Kier molecular flexibility index (Phi) is 3.96. The van der Waals surface area contributed by atoms with E-state index in [0.29, 0.717) is 17.0 Å². The lowest BCUT2D eigenvalue weighted by Gasteiger charge is -2.09. The third-order valence-corrected chi connectivity index (χ3v) is 4.97. The molecular weight excluding hydrogens is 278 g/mol. The summed E-state index contributed by atoms with van der Waals surface area (Å²) < 4.78 is 27.2. The van der Waals surface area contributed by atoms with Gasteiger partial charge in [-0.15, -0.1) is 0 Å². The Bertz CT molecular complexity index is 664. The number of benzene rings is 1. The van der Waals surface area contributed by atoms with Crippen molar-refractivity contribution in [1.82, 2.24) is 4.72 Å². The highest BCUT2D eigenvalue weighted by molar-refractivity contribution is 7.89. The van der Waals surface area contributed by atoms with Crippen molar-refractivity contribution in [3.05, 3.63) is 35.4 Å². The van der Waals surface area contributed by atoms with Gasteiger partial charge in [-0.1, -0.05) is 19.1 Å². The first kappa shape index (κ1) is 14.7. The summed E-state index contributed by atoms with van der Waals surface area (Å²) in [5, 5.41) is 8.60. The Labute approximate surface area is 118 Å². The monoisotopic (exact) mass is 295 g/mol. The van der Waals surface area contributed by atoms with E-state index in [1.165, 1.54) is 12.1 Å². The van der Waals surface area contributed by atoms with Crippen LogP contribution in [0.3, 0.4) is 0 Å². The van der Waals surface area contributed by atoms with Gasteiger partial charge in [-0.05, 0) is 42.5 Å². The molecule has 1 aromatic carbocycles. The van der Waals surface area contributed by atoms with Crippen molar-refractivity contribution < 1.29 is 18.3 Å². The van der Waals surface area contributed by atoms with Gasteiger partial charge >= 0.3 is 5.97 Å². The lowest BCUT2D eigenvalue weighted by atomic mass is 10.1. The third kappa shape index (κ3) is 3.46. The van der Waals surface area contributed by atoms with Gasteiger partial charge in [0.25, 0.3) is 0 Å². The van der Waals surface area contributed by atoms with Gasteiger partial charge in [-0.25, -0.2) is 17.9 Å². The van der Waals surface area contributed by atoms with E-state index in [4.69, 9.17) is 5.11 Å². The number of carboxylic acid groups (broad SMARTS) is 1. The fourth-order valence-corrected chi connectivity index (χ4v) is 3.56. The van der Waals surface area contributed by atoms with Crippen LogP contribution < -0.4 is 4.72 Å². The molecule has 1 fully saturated rings. The standard InChI is InChI=1S/C14H17NO4S/c1-9-3-4-11(5-6-14(16)17)8-13(9)20(18,19)15-12-7-10(12)2/h3-6,8,10,12,15H,7H2,1-2H3,(H,16,17). The first-order valence-corrected chi connectivity index (χ1v) is 7.82. The lowest BCUT2D eigenvalue weighted by molar-refractivity contribution is -0.131. The van der Waals surface area contributed by atoms with Crippen LogP contribution in [0, 0.1) is 12.8 Å². The van der Waals surface area contributed by atoms with E-state index in [2.05, 4.69) is 4.72 Å². The van der Waals surface area contributed by atoms with Gasteiger partial charge in [-0.3, -0.25) is 0 Å². The molecule has 5 nitrogen and oxygen atoms in total. The number of carbonyl (C=O) groups is 1. The fourth-order valence-electron chi connectivity index (χ4n) is 1.93. The molecule has 0 amide bonds. The molecule has 6 heteroatoms. The largest absolute Gasteiger partial charge is 0.478 e. The van der Waals surface area contributed by atoms with Crippen molar-refractivity contribution in [2.45, 2.75) is 31.2 Å². The second-order valence-electron chi connectivity index (χ2n) is 5.14. The molecule has 1 aromatic rings. The van der Waals surface area contributed by atoms with Gasteiger partial charge in [0.15, 0.2) is 0 Å². The van der Waals surface area contributed by atoms with Gasteiger partial charge in [0, 0.05) is 12.1 Å². The molecule has 0 aromatic heterocycles. The molecule has 2 rings (SSSR count). The van der Waals surface area contributed by atoms with Crippen molar-refractivity contribution in [3.8, 4) is 0 Å². The zero-order valence-electron chi connectivity index (χ0n) is 11.3. The van der Waals surface area contributed by atoms with Crippen LogP contribution in [0.4, 0.5) is 0 Å². The number of hydrogen-bond acceptors (Lipinski definition) is 3. The molecule has 1 aliphatic rings. The van der Waals surface area contributed by atoms with E-state index in [-0.39, 0.29) is 10.9 Å². The smallest absolute Gasteiger partial charge is 0.328 e. The second kappa shape index (κ2) is 5.38. The van der Waals surface area contributed by atoms with E-state index >= 15 is 0 Å². The fraction of sp³-hybridized carbons (Fsp3) is 0.357. The van der Waals surface area contributed by atoms with Crippen molar-refractivity contribution in [2.75, 3.05) is 0 Å². The molecular formula is C14H17NO4S. The number of hydrogen-bond donors (Lipinski definition) is 2. The minimum atomic E-state index is -3.55. The molecule has 108 valence electrons. The third-order valence-electron chi connectivity index (χ3n) is 3.34. The van der Waals surface area contributed by atoms with Crippen LogP contribution in [-0.2, 0) is 14.8 Å². The highest BCUT2D eigenvalue weighted by Crippen LogP contribution is 2.31. The molecule has 20 heavy (non-hydrogen) atoms. The average molecular weight is 295 g/mol. The predicted octanol–water partition coefficient (Wildman–Crippen LogP) is 1.78. The maximum atomic E-state index is 12.3. The second-order valence-corrected chi connectivity index (χ2v) is 6.82. The van der Waals surface area contributed by atoms with Crippen LogP contribution in [0.15, 0.2) is 29.2 Å². The normalized spacial score (nSPS) is 22.1. The average Bonchev–Trinajstić information content (AvgIpc) is 3.02. The van der Waals surface area contributed by atoms with Gasteiger partial charge in [0.05, 0.1) is 4.90 Å². The number of aryl methyl sites for hydroxylation is 1. The van der Waals surface area contributed by atoms with E-state index in [1.54, 1.807) is 19.1 Å². The maximum absolute atomic E-state index is 12.3. The zero-order valence-corrected chi connectivity index (χ0v) is 12.1. The van der Waals surface area contributed by atoms with Crippen molar-refractivity contribution in [2.24, 2.45) is 5.92 Å². The van der Waals surface area contributed by atoms with Crippen molar-refractivity contribution in [3.63, 3.8) is 0 Å². The quantitative estimate of drug-likeness (QED) is 0.811. The van der Waals surface area contributed by atoms with E-state index in [0.717, 1.165) is 12.5 Å². The molecule has 1 aliphatic carbocycles. The van der Waals surface area contributed by atoms with Crippen molar-refractivity contribution >= 4 is 22.1 Å². The van der Waals surface area contributed by atoms with E-state index in [9.17, 15) is 13.2 Å².